The van der Waals surface area contributed by atoms with E-state index in [0.717, 1.165) is 89.9 Å². The highest BCUT2D eigenvalue weighted by Gasteiger charge is 2.30. The van der Waals surface area contributed by atoms with Crippen molar-refractivity contribution in [2.24, 2.45) is 0 Å². The molecule has 17 nitrogen and oxygen atoms in total. The van der Waals surface area contributed by atoms with Gasteiger partial charge in [-0.15, -0.1) is 0 Å². The van der Waals surface area contributed by atoms with E-state index in [1.165, 1.54) is 295 Å². The molecule has 0 fully saturated rings. The predicted molar refractivity (Wildman–Crippen MR) is 428 cm³/mol. The van der Waals surface area contributed by atoms with Gasteiger partial charge in [0.05, 0.1) is 26.4 Å². The van der Waals surface area contributed by atoms with E-state index in [9.17, 15) is 43.2 Å². The van der Waals surface area contributed by atoms with Crippen molar-refractivity contribution in [1.82, 2.24) is 0 Å². The Bertz CT molecular complexity index is 1960. The Kier molecular flexibility index (Phi) is 77.7. The van der Waals surface area contributed by atoms with Gasteiger partial charge in [-0.1, -0.05) is 413 Å². The maximum absolute atomic E-state index is 13.1. The van der Waals surface area contributed by atoms with Crippen molar-refractivity contribution in [3.63, 3.8) is 0 Å². The van der Waals surface area contributed by atoms with E-state index in [1.54, 1.807) is 0 Å². The van der Waals surface area contributed by atoms with Crippen LogP contribution in [0.4, 0.5) is 0 Å². The molecule has 0 saturated heterocycles. The van der Waals surface area contributed by atoms with Crippen LogP contribution in [0.2, 0.25) is 0 Å². The zero-order valence-electron chi connectivity index (χ0n) is 68.0. The van der Waals surface area contributed by atoms with Crippen molar-refractivity contribution in [2.75, 3.05) is 39.6 Å². The van der Waals surface area contributed by atoms with Crippen LogP contribution in [0.15, 0.2) is 0 Å². The van der Waals surface area contributed by atoms with Crippen LogP contribution < -0.4 is 0 Å². The van der Waals surface area contributed by atoms with Crippen molar-refractivity contribution in [3.05, 3.63) is 0 Å². The lowest BCUT2D eigenvalue weighted by Crippen LogP contribution is -2.30. The molecule has 0 aliphatic carbocycles. The third kappa shape index (κ3) is 78.2. The minimum absolute atomic E-state index is 0.109. The molecule has 0 aliphatic heterocycles. The first kappa shape index (κ1) is 102. The molecule has 0 radical (unpaired) electrons. The molecular weight excluding hydrogens is 1350 g/mol. The van der Waals surface area contributed by atoms with Gasteiger partial charge in [0, 0.05) is 25.7 Å². The predicted octanol–water partition coefficient (Wildman–Crippen LogP) is 26.1. The molecule has 0 amide bonds. The Balaban J connectivity index is 5.25. The topological polar surface area (TPSA) is 237 Å². The summed E-state index contributed by atoms with van der Waals surface area (Å²) in [6, 6.07) is 0. The van der Waals surface area contributed by atoms with E-state index in [-0.39, 0.29) is 25.7 Å². The van der Waals surface area contributed by atoms with Crippen LogP contribution in [-0.2, 0) is 65.4 Å². The SMILES string of the molecule is CCCCCCCCCCCCCCCCCCCC(=O)OC[C@H](COP(=O)(O)OC[C@@H](O)COP(=O)(O)OC[C@@H](COC(=O)CCCCCCCCCCCCCCCCCCC)OC(=O)CCCCCCCCCCCCCCCCCCC)OC(=O)CCCCCCCCCCCCCCC. The van der Waals surface area contributed by atoms with E-state index in [4.69, 9.17) is 37.0 Å². The van der Waals surface area contributed by atoms with E-state index < -0.39 is 97.5 Å². The minimum Gasteiger partial charge on any atom is -0.462 e. The van der Waals surface area contributed by atoms with Gasteiger partial charge < -0.3 is 33.8 Å². The maximum Gasteiger partial charge on any atom is 0.472 e. The highest BCUT2D eigenvalue weighted by molar-refractivity contribution is 7.47. The molecule has 0 rings (SSSR count). The summed E-state index contributed by atoms with van der Waals surface area (Å²) in [5.41, 5.74) is 0. The molecule has 0 spiro atoms. The van der Waals surface area contributed by atoms with Gasteiger partial charge in [0.2, 0.25) is 0 Å². The fourth-order valence-corrected chi connectivity index (χ4v) is 14.9. The average Bonchev–Trinajstić information content (AvgIpc) is 0.910. The molecule has 0 heterocycles. The summed E-state index contributed by atoms with van der Waals surface area (Å²) >= 11 is 0. The second-order valence-electron chi connectivity index (χ2n) is 30.6. The van der Waals surface area contributed by atoms with Gasteiger partial charge >= 0.3 is 39.5 Å². The molecule has 0 aromatic heterocycles. The van der Waals surface area contributed by atoms with Crippen molar-refractivity contribution in [1.29, 1.82) is 0 Å². The number of carbonyl (C=O) groups excluding carboxylic acids is 4. The van der Waals surface area contributed by atoms with Crippen LogP contribution in [-0.4, -0.2) is 96.7 Å². The molecule has 0 aromatic rings. The van der Waals surface area contributed by atoms with Crippen molar-refractivity contribution < 1.29 is 80.2 Å². The fourth-order valence-electron chi connectivity index (χ4n) is 13.3. The van der Waals surface area contributed by atoms with Gasteiger partial charge in [-0.05, 0) is 25.7 Å². The Labute approximate surface area is 638 Å². The van der Waals surface area contributed by atoms with E-state index in [2.05, 4.69) is 27.7 Å². The van der Waals surface area contributed by atoms with Crippen molar-refractivity contribution >= 4 is 39.5 Å². The number of carbonyl (C=O) groups is 4. The molecule has 3 N–H and O–H groups in total. The first-order valence-electron chi connectivity index (χ1n) is 44.3. The third-order valence-corrected chi connectivity index (χ3v) is 22.0. The molecule has 0 bridgehead atoms. The number of aliphatic hydroxyl groups is 1. The lowest BCUT2D eigenvalue weighted by atomic mass is 10.0. The maximum atomic E-state index is 13.1. The van der Waals surface area contributed by atoms with E-state index in [0.29, 0.717) is 25.7 Å². The second kappa shape index (κ2) is 79.2. The van der Waals surface area contributed by atoms with Crippen LogP contribution in [0.5, 0.6) is 0 Å². The van der Waals surface area contributed by atoms with Gasteiger partial charge in [0.15, 0.2) is 12.2 Å². The van der Waals surface area contributed by atoms with Crippen LogP contribution in [0.25, 0.3) is 0 Å². The summed E-state index contributed by atoms with van der Waals surface area (Å²) in [4.78, 5) is 73.2. The fraction of sp³-hybridized carbons (Fsp3) is 0.953. The standard InChI is InChI=1S/C85H166O17P2/c1-5-9-13-17-21-25-29-33-36-39-42-46-49-53-57-61-65-69-82(87)95-75-80(101-84(89)71-67-63-59-55-51-45-32-28-24-20-16-12-8-4)77-99-103(91,92)97-73-79(86)74-98-104(93,94)100-78-81(102-85(90)72-68-64-60-56-52-48-44-41-38-35-31-27-23-19-15-11-7-3)76-96-83(88)70-66-62-58-54-50-47-43-40-37-34-30-26-22-18-14-10-6-2/h79-81,86H,5-78H2,1-4H3,(H,91,92)(H,93,94)/t79-,80-,81-/m1/s1. The Hall–Kier alpha value is -1.94. The molecule has 104 heavy (non-hydrogen) atoms. The second-order valence-corrected chi connectivity index (χ2v) is 33.5. The molecular formula is C85H166O17P2. The minimum atomic E-state index is -4.96. The highest BCUT2D eigenvalue weighted by atomic mass is 31.2. The number of hydrogen-bond acceptors (Lipinski definition) is 15. The van der Waals surface area contributed by atoms with Crippen LogP contribution in [0.3, 0.4) is 0 Å². The molecule has 5 atom stereocenters. The van der Waals surface area contributed by atoms with Crippen LogP contribution in [0, 0.1) is 0 Å². The summed E-state index contributed by atoms with van der Waals surface area (Å²) in [6.45, 7) is 5.07. The lowest BCUT2D eigenvalue weighted by Gasteiger charge is -2.21. The Morgan fingerprint density at radius 3 is 0.567 bits per heavy atom. The van der Waals surface area contributed by atoms with E-state index >= 15 is 0 Å². The molecule has 0 saturated carbocycles. The molecule has 618 valence electrons. The average molecular weight is 1520 g/mol. The Morgan fingerprint density at radius 1 is 0.231 bits per heavy atom. The summed E-state index contributed by atoms with van der Waals surface area (Å²) in [7, 11) is -9.92. The summed E-state index contributed by atoms with van der Waals surface area (Å²) < 4.78 is 68.9. The third-order valence-electron chi connectivity index (χ3n) is 20.1. The van der Waals surface area contributed by atoms with Crippen molar-refractivity contribution in [3.8, 4) is 0 Å². The normalized spacial score (nSPS) is 13.7. The first-order valence-corrected chi connectivity index (χ1v) is 47.3. The molecule has 0 aromatic carbocycles. The number of esters is 4. The Morgan fingerprint density at radius 2 is 0.385 bits per heavy atom. The number of ether oxygens (including phenoxy) is 4. The quantitative estimate of drug-likeness (QED) is 0.0222. The molecule has 19 heteroatoms. The monoisotopic (exact) mass is 1520 g/mol. The largest absolute Gasteiger partial charge is 0.472 e. The number of unbranched alkanes of at least 4 members (excludes halogenated alkanes) is 60. The van der Waals surface area contributed by atoms with Crippen LogP contribution in [0.1, 0.15) is 464 Å². The molecule has 0 aliphatic rings. The molecule has 2 unspecified atom stereocenters. The zero-order valence-corrected chi connectivity index (χ0v) is 69.8. The zero-order chi connectivity index (χ0) is 76.0. The van der Waals surface area contributed by atoms with Gasteiger partial charge in [0.25, 0.3) is 0 Å². The van der Waals surface area contributed by atoms with E-state index in [1.807, 2.05) is 0 Å². The number of aliphatic hydroxyl groups excluding tert-OH is 1. The van der Waals surface area contributed by atoms with Gasteiger partial charge in [-0.25, -0.2) is 9.13 Å². The van der Waals surface area contributed by atoms with Gasteiger partial charge in [0.1, 0.15) is 19.3 Å². The number of hydrogen-bond donors (Lipinski definition) is 3. The van der Waals surface area contributed by atoms with Crippen LogP contribution >= 0.6 is 15.6 Å². The first-order chi connectivity index (χ1) is 50.7. The number of rotatable bonds is 86. The summed E-state index contributed by atoms with van der Waals surface area (Å²) in [5.74, 6) is -2.10. The van der Waals surface area contributed by atoms with Gasteiger partial charge in [-0.2, -0.15) is 0 Å². The summed E-state index contributed by atoms with van der Waals surface area (Å²) in [5, 5.41) is 10.7. The lowest BCUT2D eigenvalue weighted by molar-refractivity contribution is -0.161. The number of phosphoric acid groups is 2. The van der Waals surface area contributed by atoms with Gasteiger partial charge in [-0.3, -0.25) is 37.3 Å². The highest BCUT2D eigenvalue weighted by Crippen LogP contribution is 2.45. The number of phosphoric ester groups is 2. The summed E-state index contributed by atoms with van der Waals surface area (Å²) in [6.07, 6.45) is 73.4. The smallest absolute Gasteiger partial charge is 0.462 e. The van der Waals surface area contributed by atoms with Crippen molar-refractivity contribution in [2.45, 2.75) is 483 Å².